The van der Waals surface area contributed by atoms with Crippen LogP contribution in [0.15, 0.2) is 94.1 Å². The molecule has 1 saturated heterocycles. The molecule has 0 radical (unpaired) electrons. The number of pyridine rings is 1. The second kappa shape index (κ2) is 10.3. The second-order valence-electron chi connectivity index (χ2n) is 9.13. The van der Waals surface area contributed by atoms with Crippen molar-refractivity contribution in [1.82, 2.24) is 18.3 Å². The van der Waals surface area contributed by atoms with Gasteiger partial charge in [-0.3, -0.25) is 18.0 Å². The predicted molar refractivity (Wildman–Crippen MR) is 156 cm³/mol. The van der Waals surface area contributed by atoms with Crippen LogP contribution in [-0.4, -0.2) is 35.9 Å². The zero-order chi connectivity index (χ0) is 23.6. The number of fused-ring (bicyclic) bond motifs is 2. The molecule has 3 aliphatic heterocycles. The summed E-state index contributed by atoms with van der Waals surface area (Å²) in [5.74, 6) is 2.77. The lowest BCUT2D eigenvalue weighted by Gasteiger charge is -2.36. The van der Waals surface area contributed by atoms with E-state index in [1.165, 1.54) is 32.3 Å². The molecule has 7 heteroatoms. The summed E-state index contributed by atoms with van der Waals surface area (Å²) in [7, 11) is 0. The first kappa shape index (κ1) is 23.1. The van der Waals surface area contributed by atoms with E-state index in [1.54, 1.807) is 0 Å². The summed E-state index contributed by atoms with van der Waals surface area (Å²) in [6.07, 6.45) is 8.32. The molecule has 5 nitrogen and oxygen atoms in total. The van der Waals surface area contributed by atoms with Gasteiger partial charge >= 0.3 is 0 Å². The number of nitrogens with zero attached hydrogens (tertiary/aromatic N) is 4. The largest absolute Gasteiger partial charge is 0.343 e. The number of likely N-dealkylation sites (tertiary alicyclic amines) is 1. The van der Waals surface area contributed by atoms with Crippen LogP contribution < -0.4 is 5.32 Å². The Morgan fingerprint density at radius 3 is 2.77 bits per heavy atom. The molecule has 178 valence electrons. The van der Waals surface area contributed by atoms with Gasteiger partial charge in [0.1, 0.15) is 11.7 Å². The van der Waals surface area contributed by atoms with Gasteiger partial charge in [0, 0.05) is 61.6 Å². The second-order valence-corrected chi connectivity index (χ2v) is 12.1. The molecule has 1 aromatic heterocycles. The minimum Gasteiger partial charge on any atom is -0.343 e. The first-order valence-corrected chi connectivity index (χ1v) is 15.0. The van der Waals surface area contributed by atoms with Crippen molar-refractivity contribution >= 4 is 57.6 Å². The van der Waals surface area contributed by atoms with E-state index in [0.29, 0.717) is 12.5 Å². The van der Waals surface area contributed by atoms with Crippen molar-refractivity contribution in [2.24, 2.45) is 10.9 Å². The minimum absolute atomic E-state index is 0.246. The molecule has 0 unspecified atom stereocenters. The van der Waals surface area contributed by atoms with Gasteiger partial charge in [-0.1, -0.05) is 48.5 Å². The highest BCUT2D eigenvalue weighted by Gasteiger charge is 2.31. The van der Waals surface area contributed by atoms with E-state index < -0.39 is 0 Å². The Kier molecular flexibility index (Phi) is 6.80. The Balaban J connectivity index is 1.17. The summed E-state index contributed by atoms with van der Waals surface area (Å²) in [5, 5.41) is 6.46. The molecular weight excluding hydrogens is 613 g/mol. The minimum atomic E-state index is -0.246. The zero-order valence-electron chi connectivity index (χ0n) is 19.4. The van der Waals surface area contributed by atoms with Crippen molar-refractivity contribution in [3.05, 3.63) is 100 Å². The average Bonchev–Trinajstić information content (AvgIpc) is 3.29. The lowest BCUT2D eigenvalue weighted by atomic mass is 9.91. The number of piperidine rings is 1. The molecule has 0 amide bonds. The first-order chi connectivity index (χ1) is 17.2. The maximum atomic E-state index is 5.00. The van der Waals surface area contributed by atoms with Crippen LogP contribution in [0.4, 0.5) is 0 Å². The summed E-state index contributed by atoms with van der Waals surface area (Å²) in [6, 6.07) is 19.5. The summed E-state index contributed by atoms with van der Waals surface area (Å²) in [5.41, 5.74) is 3.87. The Bertz CT molecular complexity index is 1350. The van der Waals surface area contributed by atoms with Crippen LogP contribution in [-0.2, 0) is 13.1 Å². The zero-order valence-corrected chi connectivity index (χ0v) is 23.1. The number of hydrogen-bond donors (Lipinski definition) is 1. The number of nitrogens with one attached hydrogen (secondary N) is 1. The third-order valence-corrected chi connectivity index (χ3v) is 10.8. The summed E-state index contributed by atoms with van der Waals surface area (Å²) >= 11 is 3.52. The number of hydrogen-bond acceptors (Lipinski definition) is 4. The van der Waals surface area contributed by atoms with E-state index in [2.05, 4.69) is 92.9 Å². The van der Waals surface area contributed by atoms with E-state index in [0.717, 1.165) is 43.9 Å². The molecule has 35 heavy (non-hydrogen) atoms. The van der Waals surface area contributed by atoms with E-state index in [1.807, 2.05) is 18.5 Å². The number of allylic oxidation sites excluding steroid dienone is 2. The third-order valence-electron chi connectivity index (χ3n) is 6.86. The number of halogens is 2. The highest BCUT2D eigenvalue weighted by molar-refractivity contribution is 14.2. The van der Waals surface area contributed by atoms with E-state index in [-0.39, 0.29) is 21.0 Å². The van der Waals surface area contributed by atoms with E-state index in [9.17, 15) is 0 Å². The van der Waals surface area contributed by atoms with Gasteiger partial charge in [-0.15, -0.1) is 0 Å². The van der Waals surface area contributed by atoms with Gasteiger partial charge in [0.2, 0.25) is 0 Å². The van der Waals surface area contributed by atoms with Gasteiger partial charge in [0.05, 0.1) is 11.0 Å². The Hall–Kier alpha value is -2.36. The standard InChI is InChI=1S/C28H27BrIN5/c29-25-16-30-35-27(32-18-20-5-4-12-31-17-20)15-26(33-28(25)35)22-10-13-34(14-11-22)19-23-8-3-7-21-6-1-2-9-24(21)23/h1-9,12,15-17,22,33H,10-11,13-14,18-19H2. The number of amidine groups is 1. The predicted octanol–water partition coefficient (Wildman–Crippen LogP) is 6.10. The number of rotatable bonds is 5. The lowest BCUT2D eigenvalue weighted by Crippen LogP contribution is -2.40. The third kappa shape index (κ3) is 4.99. The quantitative estimate of drug-likeness (QED) is 0.271. The van der Waals surface area contributed by atoms with Crippen molar-refractivity contribution in [3.8, 4) is 0 Å². The average molecular weight is 640 g/mol. The van der Waals surface area contributed by atoms with Gasteiger partial charge in [-0.05, 0) is 69.8 Å². The SMILES string of the molecule is BrC1=C2NC(C3CCN(Cc4cccc5ccccc45)CC3)=CC(=NCc3cccnc3)N2I=C1. The van der Waals surface area contributed by atoms with Crippen molar-refractivity contribution in [2.45, 2.75) is 25.9 Å². The molecule has 2 aromatic carbocycles. The Morgan fingerprint density at radius 2 is 1.91 bits per heavy atom. The van der Waals surface area contributed by atoms with Gasteiger partial charge in [-0.25, -0.2) is 0 Å². The molecule has 0 aliphatic carbocycles. The van der Waals surface area contributed by atoms with Crippen molar-refractivity contribution in [1.29, 1.82) is 0 Å². The highest BCUT2D eigenvalue weighted by atomic mass is 127. The molecule has 0 spiro atoms. The smallest absolute Gasteiger partial charge is 0.140 e. The van der Waals surface area contributed by atoms with Crippen LogP contribution in [0.2, 0.25) is 0 Å². The highest BCUT2D eigenvalue weighted by Crippen LogP contribution is 2.36. The summed E-state index contributed by atoms with van der Waals surface area (Å²) in [4.78, 5) is 11.8. The molecule has 0 saturated carbocycles. The van der Waals surface area contributed by atoms with Crippen LogP contribution >= 0.6 is 36.9 Å². The molecule has 0 atom stereocenters. The molecule has 1 fully saturated rings. The topological polar surface area (TPSA) is 43.8 Å². The maximum absolute atomic E-state index is 5.00. The van der Waals surface area contributed by atoms with Crippen molar-refractivity contribution in [2.75, 3.05) is 13.1 Å². The van der Waals surface area contributed by atoms with Gasteiger partial charge in [0.25, 0.3) is 0 Å². The van der Waals surface area contributed by atoms with Crippen LogP contribution in [0.25, 0.3) is 10.8 Å². The van der Waals surface area contributed by atoms with Crippen LogP contribution in [0.5, 0.6) is 0 Å². The molecule has 6 rings (SSSR count). The maximum Gasteiger partial charge on any atom is 0.140 e. The molecule has 3 aromatic rings. The first-order valence-electron chi connectivity index (χ1n) is 12.0. The molecule has 1 N–H and O–H groups in total. The van der Waals surface area contributed by atoms with Gasteiger partial charge in [0.15, 0.2) is 0 Å². The molecule has 3 aliphatic rings. The van der Waals surface area contributed by atoms with E-state index >= 15 is 0 Å². The fourth-order valence-electron chi connectivity index (χ4n) is 4.99. The number of aliphatic imine (C=N–C) groups is 1. The van der Waals surface area contributed by atoms with Crippen molar-refractivity contribution in [3.63, 3.8) is 0 Å². The fourth-order valence-corrected chi connectivity index (χ4v) is 8.17. The molecular formula is C28H27BrIN5. The summed E-state index contributed by atoms with van der Waals surface area (Å²) < 4.78 is 5.83. The van der Waals surface area contributed by atoms with E-state index in [4.69, 9.17) is 4.99 Å². The van der Waals surface area contributed by atoms with Crippen molar-refractivity contribution < 1.29 is 0 Å². The molecule has 0 bridgehead atoms. The number of aromatic nitrogens is 1. The monoisotopic (exact) mass is 639 g/mol. The Labute approximate surface area is 224 Å². The lowest BCUT2D eigenvalue weighted by molar-refractivity contribution is 0.189. The van der Waals surface area contributed by atoms with Gasteiger partial charge in [-0.2, -0.15) is 0 Å². The van der Waals surface area contributed by atoms with Gasteiger partial charge < -0.3 is 5.32 Å². The summed E-state index contributed by atoms with van der Waals surface area (Å²) in [6.45, 7) is 3.89. The molecule has 4 heterocycles. The fraction of sp³-hybridized carbons (Fsp3) is 0.250. The van der Waals surface area contributed by atoms with Crippen LogP contribution in [0.3, 0.4) is 0 Å². The Morgan fingerprint density at radius 1 is 1.06 bits per heavy atom. The number of benzene rings is 2. The normalized spacial score (nSPS) is 20.1. The van der Waals surface area contributed by atoms with Crippen LogP contribution in [0.1, 0.15) is 24.0 Å². The van der Waals surface area contributed by atoms with Crippen LogP contribution in [0, 0.1) is 5.92 Å².